The number of hydrogen-bond donors (Lipinski definition) is 1. The van der Waals surface area contributed by atoms with E-state index in [0.717, 1.165) is 55.6 Å². The summed E-state index contributed by atoms with van der Waals surface area (Å²) in [5.41, 5.74) is 9.20. The third-order valence-electron chi connectivity index (χ3n) is 18.6. The van der Waals surface area contributed by atoms with Crippen molar-refractivity contribution in [1.82, 2.24) is 0 Å². The Morgan fingerprint density at radius 1 is 0.202 bits per heavy atom. The second kappa shape index (κ2) is 39.6. The minimum atomic E-state index is -1.50. The van der Waals surface area contributed by atoms with Crippen LogP contribution in [0.1, 0.15) is 55.6 Å². The van der Waals surface area contributed by atoms with Crippen molar-refractivity contribution in [2.75, 3.05) is 19.8 Å². The van der Waals surface area contributed by atoms with Gasteiger partial charge in [-0.25, -0.2) is 0 Å². The summed E-state index contributed by atoms with van der Waals surface area (Å²) in [4.78, 5) is 0. The molecule has 16 nitrogen and oxygen atoms in total. The molecule has 1 N–H and O–H groups in total. The van der Waals surface area contributed by atoms with E-state index in [1.165, 1.54) is 0 Å². The second-order valence-corrected chi connectivity index (χ2v) is 26.2. The fraction of sp³-hybridized carbons (Fsp3) is 0.318. The van der Waals surface area contributed by atoms with Gasteiger partial charge in [0, 0.05) is 0 Å². The molecule has 0 amide bonds. The number of rotatable bonds is 37. The van der Waals surface area contributed by atoms with Gasteiger partial charge in [0.15, 0.2) is 18.9 Å². The molecule has 0 spiro atoms. The summed E-state index contributed by atoms with van der Waals surface area (Å²) in [5.74, 6) is 0. The van der Waals surface area contributed by atoms with E-state index in [1.807, 2.05) is 303 Å². The maximum atomic E-state index is 12.4. The molecule has 104 heavy (non-hydrogen) atoms. The van der Waals surface area contributed by atoms with Crippen LogP contribution in [0, 0.1) is 0 Å². The highest BCUT2D eigenvalue weighted by atomic mass is 16.8. The third kappa shape index (κ3) is 21.6. The Kier molecular flexibility index (Phi) is 28.1. The first-order chi connectivity index (χ1) is 51.5. The van der Waals surface area contributed by atoms with Crippen molar-refractivity contribution >= 4 is 0 Å². The van der Waals surface area contributed by atoms with Crippen LogP contribution in [0.3, 0.4) is 0 Å². The highest BCUT2D eigenvalue weighted by Gasteiger charge is 2.57. The van der Waals surface area contributed by atoms with Crippen LogP contribution in [0.5, 0.6) is 0 Å². The molecular formula is C88H92O16. The summed E-state index contributed by atoms with van der Waals surface area (Å²) in [5, 5.41) is 12.4. The van der Waals surface area contributed by atoms with Gasteiger partial charge >= 0.3 is 0 Å². The molecule has 10 aromatic rings. The topological polar surface area (TPSA) is 159 Å². The van der Waals surface area contributed by atoms with Gasteiger partial charge < -0.3 is 76.2 Å². The monoisotopic (exact) mass is 1400 g/mol. The summed E-state index contributed by atoms with van der Waals surface area (Å²) in [6, 6.07) is 99.4. The number of ether oxygens (including phenoxy) is 15. The summed E-state index contributed by atoms with van der Waals surface area (Å²) in [7, 11) is 0. The molecule has 0 aliphatic carbocycles. The molecular weight excluding hydrogens is 1310 g/mol. The number of aliphatic hydroxyl groups excluding tert-OH is 1. The molecule has 15 atom stereocenters. The van der Waals surface area contributed by atoms with Crippen LogP contribution in [0.4, 0.5) is 0 Å². The van der Waals surface area contributed by atoms with Crippen molar-refractivity contribution in [2.45, 2.75) is 158 Å². The van der Waals surface area contributed by atoms with E-state index >= 15 is 0 Å². The minimum absolute atomic E-state index is 0.0397. The van der Waals surface area contributed by atoms with Gasteiger partial charge in [0.05, 0.1) is 85.9 Å². The van der Waals surface area contributed by atoms with E-state index < -0.39 is 92.1 Å². The first-order valence-corrected chi connectivity index (χ1v) is 35.9. The van der Waals surface area contributed by atoms with Crippen molar-refractivity contribution in [3.05, 3.63) is 359 Å². The van der Waals surface area contributed by atoms with Crippen LogP contribution >= 0.6 is 0 Å². The van der Waals surface area contributed by atoms with Crippen molar-refractivity contribution in [3.8, 4) is 0 Å². The van der Waals surface area contributed by atoms with Gasteiger partial charge in [0.1, 0.15) is 73.2 Å². The Morgan fingerprint density at radius 3 is 0.663 bits per heavy atom. The van der Waals surface area contributed by atoms with Gasteiger partial charge in [-0.3, -0.25) is 0 Å². The van der Waals surface area contributed by atoms with Crippen LogP contribution in [0.15, 0.2) is 303 Å². The lowest BCUT2D eigenvalue weighted by Gasteiger charge is -2.51. The molecule has 3 fully saturated rings. The van der Waals surface area contributed by atoms with E-state index in [1.54, 1.807) is 0 Å². The Hall–Kier alpha value is -8.44. The van der Waals surface area contributed by atoms with Gasteiger partial charge in [-0.05, 0) is 55.6 Å². The van der Waals surface area contributed by atoms with Crippen molar-refractivity contribution in [3.63, 3.8) is 0 Å². The summed E-state index contributed by atoms with van der Waals surface area (Å²) < 4.78 is 108. The van der Waals surface area contributed by atoms with Crippen LogP contribution < -0.4 is 0 Å². The molecule has 3 aliphatic heterocycles. The molecule has 0 saturated carbocycles. The maximum absolute atomic E-state index is 12.4. The number of aliphatic hydroxyl groups is 1. The maximum Gasteiger partial charge on any atom is 0.187 e. The predicted octanol–water partition coefficient (Wildman–Crippen LogP) is 14.7. The number of benzene rings is 10. The van der Waals surface area contributed by atoms with Gasteiger partial charge in [0.2, 0.25) is 0 Å². The molecule has 3 saturated heterocycles. The zero-order valence-corrected chi connectivity index (χ0v) is 58.3. The van der Waals surface area contributed by atoms with E-state index in [-0.39, 0.29) is 79.3 Å². The summed E-state index contributed by atoms with van der Waals surface area (Å²) in [6.07, 6.45) is -16.1. The van der Waals surface area contributed by atoms with Gasteiger partial charge in [-0.15, -0.1) is 0 Å². The Balaban J connectivity index is 0.929. The third-order valence-corrected chi connectivity index (χ3v) is 18.6. The fourth-order valence-corrected chi connectivity index (χ4v) is 13.2. The second-order valence-electron chi connectivity index (χ2n) is 26.2. The van der Waals surface area contributed by atoms with Gasteiger partial charge in [0.25, 0.3) is 0 Å². The van der Waals surface area contributed by atoms with E-state index in [2.05, 4.69) is 0 Å². The Morgan fingerprint density at radius 2 is 0.394 bits per heavy atom. The highest BCUT2D eigenvalue weighted by Crippen LogP contribution is 2.40. The van der Waals surface area contributed by atoms with Gasteiger partial charge in [-0.2, -0.15) is 0 Å². The Bertz CT molecular complexity index is 3960. The van der Waals surface area contributed by atoms with Gasteiger partial charge in [-0.1, -0.05) is 303 Å². The molecule has 540 valence electrons. The SMILES string of the molecule is O[C@H]1O[C@H](COCc2ccccc2)[C@@H](O[C@H]2O[C@H](COCc3ccccc3)[C@@H](O[C@@H]3O[C@H](COCc4ccccc4)[C@@H](OCc4ccccc4)[C@H](OCc4ccccc4)[C@H]3OCc3ccccc3)[C@H](OCc3ccccc3)[C@H]2OCc2ccccc2)[C@H](OCc2ccccc2)[C@H]1OCc1ccccc1. The molecule has 10 aromatic carbocycles. The molecule has 0 aromatic heterocycles. The Labute approximate surface area is 610 Å². The van der Waals surface area contributed by atoms with E-state index in [9.17, 15) is 5.11 Å². The summed E-state index contributed by atoms with van der Waals surface area (Å²) in [6.45, 7) is 1.71. The lowest BCUT2D eigenvalue weighted by atomic mass is 9.95. The van der Waals surface area contributed by atoms with Crippen LogP contribution in [0.2, 0.25) is 0 Å². The summed E-state index contributed by atoms with van der Waals surface area (Å²) >= 11 is 0. The minimum Gasteiger partial charge on any atom is -0.374 e. The normalized spacial score (nSPS) is 24.8. The quantitative estimate of drug-likeness (QED) is 0.0392. The molecule has 3 aliphatic rings. The first-order valence-electron chi connectivity index (χ1n) is 35.9. The smallest absolute Gasteiger partial charge is 0.187 e. The molecule has 0 radical (unpaired) electrons. The molecule has 0 unspecified atom stereocenters. The lowest BCUT2D eigenvalue weighted by molar-refractivity contribution is -0.394. The van der Waals surface area contributed by atoms with Crippen molar-refractivity contribution in [2.24, 2.45) is 0 Å². The molecule has 0 bridgehead atoms. The number of hydrogen-bond acceptors (Lipinski definition) is 16. The zero-order chi connectivity index (χ0) is 70.6. The largest absolute Gasteiger partial charge is 0.374 e. The van der Waals surface area contributed by atoms with Crippen molar-refractivity contribution < 1.29 is 76.2 Å². The van der Waals surface area contributed by atoms with Crippen LogP contribution in [0.25, 0.3) is 0 Å². The average molecular weight is 1410 g/mol. The standard InChI is InChI=1S/C88H92O16/c89-86-83(97-58-71-45-25-8-26-46-71)81(95-56-69-41-21-6-22-42-69)78(75(100-86)62-91-52-65-33-13-2-14-34-65)103-88-85(99-60-73-49-29-10-30-50-73)82(96-57-70-43-23-7-24-44-70)79(76(102-88)63-92-53-66-35-15-3-16-36-66)104-87-84(98-59-72-47-27-9-28-48-72)80(94-55-68-39-19-5-20-40-68)77(93-54-67-37-17-4-18-38-67)74(101-87)61-90-51-64-31-11-1-12-32-64/h1-50,74-89H,51-63H2/t74-,75-,76-,77-,78-,79-,80+,81+,82+,83-,84-,85-,86+,87+,88-/m1/s1. The average Bonchev–Trinajstić information content (AvgIpc) is 0.764. The zero-order valence-electron chi connectivity index (χ0n) is 58.3. The highest BCUT2D eigenvalue weighted by molar-refractivity contribution is 5.21. The fourth-order valence-electron chi connectivity index (χ4n) is 13.2. The molecule has 13 rings (SSSR count). The first kappa shape index (κ1) is 73.9. The van der Waals surface area contributed by atoms with E-state index in [0.29, 0.717) is 6.61 Å². The van der Waals surface area contributed by atoms with Crippen molar-refractivity contribution in [1.29, 1.82) is 0 Å². The van der Waals surface area contributed by atoms with Crippen LogP contribution in [-0.4, -0.2) is 117 Å². The van der Waals surface area contributed by atoms with Crippen LogP contribution in [-0.2, 0) is 137 Å². The molecule has 16 heteroatoms. The predicted molar refractivity (Wildman–Crippen MR) is 391 cm³/mol. The van der Waals surface area contributed by atoms with E-state index in [4.69, 9.17) is 71.1 Å². The lowest BCUT2D eigenvalue weighted by Crippen LogP contribution is -2.68. The molecule has 3 heterocycles.